The lowest BCUT2D eigenvalue weighted by Crippen LogP contribution is -2.51. The Morgan fingerprint density at radius 3 is 2.47 bits per heavy atom. The lowest BCUT2D eigenvalue weighted by atomic mass is 10.0. The molecule has 30 heavy (non-hydrogen) atoms. The molecule has 1 aliphatic rings. The summed E-state index contributed by atoms with van der Waals surface area (Å²) in [6.45, 7) is 6.21. The second kappa shape index (κ2) is 10.6. The fourth-order valence-corrected chi connectivity index (χ4v) is 4.05. The van der Waals surface area contributed by atoms with Crippen LogP contribution >= 0.6 is 11.6 Å². The van der Waals surface area contributed by atoms with Gasteiger partial charge in [0.05, 0.1) is 22.9 Å². The van der Waals surface area contributed by atoms with Crippen LogP contribution in [0.3, 0.4) is 0 Å². The van der Waals surface area contributed by atoms with E-state index in [4.69, 9.17) is 16.0 Å². The average molecular weight is 432 g/mol. The highest BCUT2D eigenvalue weighted by atomic mass is 35.5. The highest BCUT2D eigenvalue weighted by Crippen LogP contribution is 2.24. The highest BCUT2D eigenvalue weighted by Gasteiger charge is 2.29. The van der Waals surface area contributed by atoms with Crippen LogP contribution in [0.5, 0.6) is 0 Å². The van der Waals surface area contributed by atoms with Crippen LogP contribution in [0.4, 0.5) is 0 Å². The SMILES string of the molecule is CC(C)C(NC(=O)c1ccccc1Cl)C(=O)NCC(c1ccco1)N1CCCCC1. The van der Waals surface area contributed by atoms with Crippen LogP contribution in [0, 0.1) is 5.92 Å². The summed E-state index contributed by atoms with van der Waals surface area (Å²) in [6, 6.07) is 9.96. The number of piperidine rings is 1. The van der Waals surface area contributed by atoms with Gasteiger partial charge in [0.25, 0.3) is 5.91 Å². The zero-order chi connectivity index (χ0) is 21.5. The molecule has 0 spiro atoms. The van der Waals surface area contributed by atoms with Crippen molar-refractivity contribution >= 4 is 23.4 Å². The van der Waals surface area contributed by atoms with Crippen LogP contribution in [0.2, 0.25) is 5.02 Å². The molecule has 6 nitrogen and oxygen atoms in total. The van der Waals surface area contributed by atoms with Crippen molar-refractivity contribution in [1.82, 2.24) is 15.5 Å². The first-order chi connectivity index (χ1) is 14.5. The van der Waals surface area contributed by atoms with Gasteiger partial charge in [-0.05, 0) is 56.1 Å². The Balaban J connectivity index is 1.66. The summed E-state index contributed by atoms with van der Waals surface area (Å²) in [5, 5.41) is 6.23. The summed E-state index contributed by atoms with van der Waals surface area (Å²) < 4.78 is 5.65. The summed E-state index contributed by atoms with van der Waals surface area (Å²) in [5.41, 5.74) is 0.361. The first kappa shape index (κ1) is 22.4. The van der Waals surface area contributed by atoms with Gasteiger partial charge in [0, 0.05) is 6.54 Å². The molecule has 2 heterocycles. The van der Waals surface area contributed by atoms with Crippen LogP contribution in [0.25, 0.3) is 0 Å². The molecule has 162 valence electrons. The lowest BCUT2D eigenvalue weighted by Gasteiger charge is -2.34. The van der Waals surface area contributed by atoms with Crippen molar-refractivity contribution in [3.05, 3.63) is 59.0 Å². The number of benzene rings is 1. The molecule has 0 bridgehead atoms. The third-order valence-electron chi connectivity index (χ3n) is 5.53. The van der Waals surface area contributed by atoms with Crippen molar-refractivity contribution < 1.29 is 14.0 Å². The Morgan fingerprint density at radius 1 is 1.10 bits per heavy atom. The molecule has 7 heteroatoms. The number of carbonyl (C=O) groups is 2. The smallest absolute Gasteiger partial charge is 0.253 e. The van der Waals surface area contributed by atoms with Crippen molar-refractivity contribution in [1.29, 1.82) is 0 Å². The van der Waals surface area contributed by atoms with Crippen molar-refractivity contribution in [2.24, 2.45) is 5.92 Å². The van der Waals surface area contributed by atoms with Gasteiger partial charge in [-0.3, -0.25) is 14.5 Å². The number of likely N-dealkylation sites (tertiary alicyclic amines) is 1. The predicted octanol–water partition coefficient (Wildman–Crippen LogP) is 4.03. The number of hydrogen-bond acceptors (Lipinski definition) is 4. The second-order valence-corrected chi connectivity index (χ2v) is 8.46. The zero-order valence-electron chi connectivity index (χ0n) is 17.6. The molecule has 2 amide bonds. The third kappa shape index (κ3) is 5.64. The van der Waals surface area contributed by atoms with Gasteiger partial charge >= 0.3 is 0 Å². The first-order valence-electron chi connectivity index (χ1n) is 10.6. The Kier molecular flexibility index (Phi) is 7.94. The van der Waals surface area contributed by atoms with E-state index in [1.54, 1.807) is 30.5 Å². The molecule has 3 rings (SSSR count). The number of furan rings is 1. The van der Waals surface area contributed by atoms with Crippen molar-refractivity contribution in [2.75, 3.05) is 19.6 Å². The van der Waals surface area contributed by atoms with Crippen LogP contribution in [-0.2, 0) is 4.79 Å². The first-order valence-corrected chi connectivity index (χ1v) is 11.0. The van der Waals surface area contributed by atoms with Gasteiger partial charge < -0.3 is 15.1 Å². The number of hydrogen-bond donors (Lipinski definition) is 2. The summed E-state index contributed by atoms with van der Waals surface area (Å²) in [4.78, 5) is 28.0. The van der Waals surface area contributed by atoms with Gasteiger partial charge in [-0.2, -0.15) is 0 Å². The van der Waals surface area contributed by atoms with Crippen LogP contribution in [-0.4, -0.2) is 42.4 Å². The zero-order valence-corrected chi connectivity index (χ0v) is 18.3. The minimum atomic E-state index is -0.660. The van der Waals surface area contributed by atoms with E-state index in [1.165, 1.54) is 6.42 Å². The minimum absolute atomic E-state index is 0.0173. The van der Waals surface area contributed by atoms with E-state index < -0.39 is 6.04 Å². The number of nitrogens with one attached hydrogen (secondary N) is 2. The Labute approximate surface area is 183 Å². The molecule has 2 N–H and O–H groups in total. The Morgan fingerprint density at radius 2 is 1.83 bits per heavy atom. The summed E-state index contributed by atoms with van der Waals surface area (Å²) >= 11 is 6.13. The van der Waals surface area contributed by atoms with Gasteiger partial charge in [0.15, 0.2) is 0 Å². The molecule has 1 fully saturated rings. The maximum absolute atomic E-state index is 13.0. The molecule has 0 aliphatic carbocycles. The molecule has 1 saturated heterocycles. The molecular weight excluding hydrogens is 402 g/mol. The molecule has 0 saturated carbocycles. The van der Waals surface area contributed by atoms with E-state index in [-0.39, 0.29) is 23.8 Å². The summed E-state index contributed by atoms with van der Waals surface area (Å²) in [6.07, 6.45) is 5.19. The number of nitrogens with zero attached hydrogens (tertiary/aromatic N) is 1. The maximum Gasteiger partial charge on any atom is 0.253 e. The molecule has 1 aliphatic heterocycles. The fraction of sp³-hybridized carbons (Fsp3) is 0.478. The van der Waals surface area contributed by atoms with Gasteiger partial charge in [-0.15, -0.1) is 0 Å². The number of amides is 2. The van der Waals surface area contributed by atoms with Crippen LogP contribution in [0.1, 0.15) is 55.3 Å². The van der Waals surface area contributed by atoms with Crippen LogP contribution < -0.4 is 10.6 Å². The molecule has 1 aromatic heterocycles. The molecule has 1 aromatic carbocycles. The largest absolute Gasteiger partial charge is 0.468 e. The van der Waals surface area contributed by atoms with Gasteiger partial charge in [0.1, 0.15) is 11.8 Å². The maximum atomic E-state index is 13.0. The molecular formula is C23H30ClN3O3. The van der Waals surface area contributed by atoms with E-state index in [9.17, 15) is 9.59 Å². The van der Waals surface area contributed by atoms with Crippen molar-refractivity contribution in [3.63, 3.8) is 0 Å². The third-order valence-corrected chi connectivity index (χ3v) is 5.86. The molecule has 2 aromatic rings. The quantitative estimate of drug-likeness (QED) is 0.661. The van der Waals surface area contributed by atoms with Crippen molar-refractivity contribution in [2.45, 2.75) is 45.2 Å². The normalized spacial score (nSPS) is 16.8. The van der Waals surface area contributed by atoms with E-state index >= 15 is 0 Å². The summed E-state index contributed by atoms with van der Waals surface area (Å²) in [5.74, 6) is 0.207. The average Bonchev–Trinajstić information content (AvgIpc) is 3.27. The summed E-state index contributed by atoms with van der Waals surface area (Å²) in [7, 11) is 0. The minimum Gasteiger partial charge on any atom is -0.468 e. The number of rotatable bonds is 8. The molecule has 2 atom stereocenters. The second-order valence-electron chi connectivity index (χ2n) is 8.05. The standard InChI is InChI=1S/C23H30ClN3O3/c1-16(2)21(26-22(28)17-9-4-5-10-18(17)24)23(29)25-15-19(20-11-8-14-30-20)27-12-6-3-7-13-27/h4-5,8-11,14,16,19,21H,3,6-7,12-13,15H2,1-2H3,(H,25,29)(H,26,28). The van der Waals surface area contributed by atoms with E-state index in [1.807, 2.05) is 26.0 Å². The Hall–Kier alpha value is -2.31. The number of carbonyl (C=O) groups excluding carboxylic acids is 2. The lowest BCUT2D eigenvalue weighted by molar-refractivity contribution is -0.124. The van der Waals surface area contributed by atoms with Gasteiger partial charge in [-0.25, -0.2) is 0 Å². The molecule has 2 unspecified atom stereocenters. The van der Waals surface area contributed by atoms with E-state index in [2.05, 4.69) is 15.5 Å². The van der Waals surface area contributed by atoms with Gasteiger partial charge in [-0.1, -0.05) is 44.0 Å². The van der Waals surface area contributed by atoms with Gasteiger partial charge in [0.2, 0.25) is 5.91 Å². The molecule has 0 radical (unpaired) electrons. The number of halogens is 1. The topological polar surface area (TPSA) is 74.6 Å². The van der Waals surface area contributed by atoms with E-state index in [0.717, 1.165) is 31.7 Å². The van der Waals surface area contributed by atoms with Crippen LogP contribution in [0.15, 0.2) is 47.1 Å². The monoisotopic (exact) mass is 431 g/mol. The predicted molar refractivity (Wildman–Crippen MR) is 117 cm³/mol. The van der Waals surface area contributed by atoms with Crippen molar-refractivity contribution in [3.8, 4) is 0 Å². The highest BCUT2D eigenvalue weighted by molar-refractivity contribution is 6.33. The Bertz CT molecular complexity index is 832. The fourth-order valence-electron chi connectivity index (χ4n) is 3.83. The van der Waals surface area contributed by atoms with E-state index in [0.29, 0.717) is 17.1 Å².